The van der Waals surface area contributed by atoms with E-state index in [4.69, 9.17) is 11.6 Å². The summed E-state index contributed by atoms with van der Waals surface area (Å²) in [4.78, 5) is 56.0. The predicted octanol–water partition coefficient (Wildman–Crippen LogP) is 3.76. The number of benzene rings is 2. The Morgan fingerprint density at radius 3 is 2.35 bits per heavy atom. The first-order valence-corrected chi connectivity index (χ1v) is 13.5. The molecule has 2 heterocycles. The van der Waals surface area contributed by atoms with Crippen LogP contribution in [0.4, 0.5) is 0 Å². The molecule has 3 atom stereocenters. The lowest BCUT2D eigenvalue weighted by atomic mass is 9.81. The van der Waals surface area contributed by atoms with Crippen LogP contribution in [0.5, 0.6) is 0 Å². The summed E-state index contributed by atoms with van der Waals surface area (Å²) in [7, 11) is 3.43. The van der Waals surface area contributed by atoms with Gasteiger partial charge in [0.25, 0.3) is 17.4 Å². The van der Waals surface area contributed by atoms with Crippen LogP contribution in [0.3, 0.4) is 0 Å². The molecule has 1 saturated carbocycles. The molecular weight excluding hydrogens is 530 g/mol. The van der Waals surface area contributed by atoms with Gasteiger partial charge in [-0.3, -0.25) is 23.7 Å². The highest BCUT2D eigenvalue weighted by molar-refractivity contribution is 6.35. The molecule has 0 saturated heterocycles. The number of aromatic amines is 1. The quantitative estimate of drug-likeness (QED) is 0.333. The summed E-state index contributed by atoms with van der Waals surface area (Å²) in [5.74, 6) is -0.858. The molecular formula is C30H30ClN5O4. The number of hydrogen-bond donors (Lipinski definition) is 3. The van der Waals surface area contributed by atoms with Gasteiger partial charge >= 0.3 is 0 Å². The van der Waals surface area contributed by atoms with Gasteiger partial charge in [-0.05, 0) is 61.7 Å². The predicted molar refractivity (Wildman–Crippen MR) is 154 cm³/mol. The van der Waals surface area contributed by atoms with Crippen molar-refractivity contribution in [3.05, 3.63) is 99.6 Å². The molecule has 1 aliphatic rings. The van der Waals surface area contributed by atoms with Crippen LogP contribution >= 0.6 is 11.6 Å². The number of halogens is 1. The fourth-order valence-electron chi connectivity index (χ4n) is 5.24. The maximum atomic E-state index is 13.3. The minimum Gasteiger partial charge on any atom is -0.360 e. The highest BCUT2D eigenvalue weighted by atomic mass is 35.5. The fraction of sp³-hybridized carbons (Fsp3) is 0.267. The maximum absolute atomic E-state index is 13.3. The molecule has 2 aromatic carbocycles. The number of carbonyl (C=O) groups is 3. The largest absolute Gasteiger partial charge is 0.360 e. The van der Waals surface area contributed by atoms with Crippen LogP contribution in [0.2, 0.25) is 5.02 Å². The van der Waals surface area contributed by atoms with Crippen LogP contribution in [-0.2, 0) is 4.79 Å². The molecule has 40 heavy (non-hydrogen) atoms. The van der Waals surface area contributed by atoms with Crippen molar-refractivity contribution in [1.82, 2.24) is 25.1 Å². The molecule has 1 fully saturated rings. The summed E-state index contributed by atoms with van der Waals surface area (Å²) in [6.07, 6.45) is 4.87. The third-order valence-corrected chi connectivity index (χ3v) is 7.71. The van der Waals surface area contributed by atoms with Crippen LogP contribution < -0.4 is 16.2 Å². The van der Waals surface area contributed by atoms with Crippen molar-refractivity contribution in [2.45, 2.75) is 31.3 Å². The van der Waals surface area contributed by atoms with Gasteiger partial charge in [0.15, 0.2) is 0 Å². The van der Waals surface area contributed by atoms with Gasteiger partial charge in [-0.1, -0.05) is 23.7 Å². The minimum atomic E-state index is -0.454. The zero-order valence-electron chi connectivity index (χ0n) is 22.2. The Bertz CT molecular complexity index is 1630. The third-order valence-electron chi connectivity index (χ3n) is 7.40. The second-order valence-electron chi connectivity index (χ2n) is 10.3. The first-order chi connectivity index (χ1) is 19.2. The summed E-state index contributed by atoms with van der Waals surface area (Å²) >= 11 is 6.17. The van der Waals surface area contributed by atoms with Gasteiger partial charge in [-0.25, -0.2) is 0 Å². The summed E-state index contributed by atoms with van der Waals surface area (Å²) in [6.45, 7) is 0. The molecule has 2 aromatic heterocycles. The van der Waals surface area contributed by atoms with E-state index in [9.17, 15) is 19.2 Å². The summed E-state index contributed by atoms with van der Waals surface area (Å²) < 4.78 is 1.49. The van der Waals surface area contributed by atoms with Crippen molar-refractivity contribution >= 4 is 40.2 Å². The SMILES string of the molecule is CN(C)C(=O)[C@H]1CC[C@H](NC(=O)c2ccc(-n3ccccc3=O)cc2)[C@H](NC(=O)c2ccc3c(Cl)c[nH]c3c2)C1. The third kappa shape index (κ3) is 5.65. The Morgan fingerprint density at radius 2 is 1.62 bits per heavy atom. The van der Waals surface area contributed by atoms with Gasteiger partial charge < -0.3 is 20.5 Å². The lowest BCUT2D eigenvalue weighted by Gasteiger charge is -2.37. The van der Waals surface area contributed by atoms with Crippen molar-refractivity contribution in [1.29, 1.82) is 0 Å². The number of aromatic nitrogens is 2. The number of H-pyrrole nitrogens is 1. The summed E-state index contributed by atoms with van der Waals surface area (Å²) in [5.41, 5.74) is 2.10. The molecule has 0 bridgehead atoms. The zero-order valence-corrected chi connectivity index (χ0v) is 22.9. The second kappa shape index (κ2) is 11.4. The first kappa shape index (κ1) is 27.2. The fourth-order valence-corrected chi connectivity index (χ4v) is 5.46. The van der Waals surface area contributed by atoms with E-state index in [2.05, 4.69) is 15.6 Å². The number of nitrogens with one attached hydrogen (secondary N) is 3. The number of carbonyl (C=O) groups excluding carboxylic acids is 3. The van der Waals surface area contributed by atoms with E-state index in [-0.39, 0.29) is 35.2 Å². The number of nitrogens with zero attached hydrogens (tertiary/aromatic N) is 2. The van der Waals surface area contributed by atoms with Crippen molar-refractivity contribution < 1.29 is 14.4 Å². The lowest BCUT2D eigenvalue weighted by Crippen LogP contribution is -2.55. The molecule has 0 aliphatic heterocycles. The van der Waals surface area contributed by atoms with E-state index in [1.54, 1.807) is 86.0 Å². The minimum absolute atomic E-state index is 0.00165. The summed E-state index contributed by atoms with van der Waals surface area (Å²) in [5, 5.41) is 7.52. The lowest BCUT2D eigenvalue weighted by molar-refractivity contribution is -0.134. The van der Waals surface area contributed by atoms with Gasteiger partial charge in [0.2, 0.25) is 5.91 Å². The number of amides is 3. The highest BCUT2D eigenvalue weighted by Gasteiger charge is 2.36. The Kier molecular flexibility index (Phi) is 7.75. The topological polar surface area (TPSA) is 116 Å². The Hall–Kier alpha value is -4.37. The molecule has 0 radical (unpaired) electrons. The van der Waals surface area contributed by atoms with E-state index in [1.165, 1.54) is 10.6 Å². The van der Waals surface area contributed by atoms with Crippen molar-refractivity contribution in [2.24, 2.45) is 5.92 Å². The normalized spacial score (nSPS) is 18.7. The Labute approximate surface area is 236 Å². The maximum Gasteiger partial charge on any atom is 0.255 e. The van der Waals surface area contributed by atoms with E-state index in [1.807, 2.05) is 0 Å². The number of fused-ring (bicyclic) bond motifs is 1. The van der Waals surface area contributed by atoms with Crippen LogP contribution in [-0.4, -0.2) is 58.4 Å². The van der Waals surface area contributed by atoms with Gasteiger partial charge in [0.1, 0.15) is 0 Å². The van der Waals surface area contributed by atoms with Crippen molar-refractivity contribution in [3.63, 3.8) is 0 Å². The van der Waals surface area contributed by atoms with Crippen molar-refractivity contribution in [3.8, 4) is 5.69 Å². The van der Waals surface area contributed by atoms with E-state index >= 15 is 0 Å². The molecule has 0 unspecified atom stereocenters. The standard InChI is InChI=1S/C30H30ClN5O4/c1-35(2)30(40)20-9-13-24(26(16-20)34-29(39)19-8-12-22-23(31)17-32-25(22)15-19)33-28(38)18-6-10-21(11-7-18)36-14-4-3-5-27(36)37/h3-8,10-12,14-15,17,20,24,26,32H,9,13,16H2,1-2H3,(H,33,38)(H,34,39)/t20-,24-,26+/m0/s1. The highest BCUT2D eigenvalue weighted by Crippen LogP contribution is 2.28. The molecule has 1 aliphatic carbocycles. The molecule has 206 valence electrons. The molecule has 5 rings (SSSR count). The molecule has 9 nitrogen and oxygen atoms in total. The molecule has 3 amide bonds. The number of pyridine rings is 1. The number of hydrogen-bond acceptors (Lipinski definition) is 4. The summed E-state index contributed by atoms with van der Waals surface area (Å²) in [6, 6.07) is 16.1. The van der Waals surface area contributed by atoms with Crippen LogP contribution in [0.15, 0.2) is 77.9 Å². The van der Waals surface area contributed by atoms with Gasteiger partial charge in [0, 0.05) is 72.2 Å². The Morgan fingerprint density at radius 1 is 0.925 bits per heavy atom. The van der Waals surface area contributed by atoms with E-state index in [0.717, 1.165) is 10.9 Å². The molecule has 4 aromatic rings. The van der Waals surface area contributed by atoms with E-state index in [0.29, 0.717) is 41.1 Å². The first-order valence-electron chi connectivity index (χ1n) is 13.1. The number of rotatable bonds is 6. The smallest absolute Gasteiger partial charge is 0.255 e. The molecule has 10 heteroatoms. The van der Waals surface area contributed by atoms with Gasteiger partial charge in [-0.15, -0.1) is 0 Å². The van der Waals surface area contributed by atoms with Crippen molar-refractivity contribution in [2.75, 3.05) is 14.1 Å². The Balaban J connectivity index is 1.33. The van der Waals surface area contributed by atoms with Crippen LogP contribution in [0.1, 0.15) is 40.0 Å². The van der Waals surface area contributed by atoms with Gasteiger partial charge in [0.05, 0.1) is 11.1 Å². The van der Waals surface area contributed by atoms with Crippen LogP contribution in [0.25, 0.3) is 16.6 Å². The molecule has 3 N–H and O–H groups in total. The second-order valence-corrected chi connectivity index (χ2v) is 10.7. The average Bonchev–Trinajstić information content (AvgIpc) is 3.33. The molecule has 0 spiro atoms. The monoisotopic (exact) mass is 559 g/mol. The average molecular weight is 560 g/mol. The van der Waals surface area contributed by atoms with Crippen LogP contribution in [0, 0.1) is 5.92 Å². The van der Waals surface area contributed by atoms with E-state index < -0.39 is 6.04 Å². The van der Waals surface area contributed by atoms with Gasteiger partial charge in [-0.2, -0.15) is 0 Å². The zero-order chi connectivity index (χ0) is 28.4.